The van der Waals surface area contributed by atoms with Crippen LogP contribution in [0.2, 0.25) is 0 Å². The summed E-state index contributed by atoms with van der Waals surface area (Å²) < 4.78 is 31.1. The molecule has 0 saturated heterocycles. The smallest absolute Gasteiger partial charge is 0.213 e. The summed E-state index contributed by atoms with van der Waals surface area (Å²) in [5, 5.41) is 0. The topological polar surface area (TPSA) is 58.6 Å². The van der Waals surface area contributed by atoms with Gasteiger partial charge in [0.2, 0.25) is 10.0 Å². The van der Waals surface area contributed by atoms with E-state index in [2.05, 4.69) is 35.9 Å². The second-order valence-corrected chi connectivity index (χ2v) is 7.16. The third kappa shape index (κ3) is 6.13. The maximum Gasteiger partial charge on any atom is 0.213 e. The van der Waals surface area contributed by atoms with Crippen molar-refractivity contribution >= 4 is 10.0 Å². The number of sulfonamides is 1. The van der Waals surface area contributed by atoms with Crippen LogP contribution in [-0.2, 0) is 21.2 Å². The largest absolute Gasteiger partial charge is 0.384 e. The molecule has 5 nitrogen and oxygen atoms in total. The molecule has 1 atom stereocenters. The summed E-state index contributed by atoms with van der Waals surface area (Å²) in [5.74, 6) is -0.0155. The molecule has 1 N–H and O–H groups in total. The summed E-state index contributed by atoms with van der Waals surface area (Å²) in [6.45, 7) is 2.67. The molecule has 0 bridgehead atoms. The lowest BCUT2D eigenvalue weighted by Crippen LogP contribution is -2.36. The van der Waals surface area contributed by atoms with Gasteiger partial charge in [-0.25, -0.2) is 13.1 Å². The molecule has 0 radical (unpaired) electrons. The van der Waals surface area contributed by atoms with Crippen LogP contribution in [0.15, 0.2) is 24.3 Å². The van der Waals surface area contributed by atoms with Gasteiger partial charge in [-0.2, -0.15) is 0 Å². The van der Waals surface area contributed by atoms with Gasteiger partial charge in [-0.1, -0.05) is 31.2 Å². The van der Waals surface area contributed by atoms with E-state index in [1.165, 1.54) is 12.7 Å². The molecule has 0 aliphatic carbocycles. The summed E-state index contributed by atoms with van der Waals surface area (Å²) in [6.07, 6.45) is 0.997. The Labute approximate surface area is 128 Å². The second kappa shape index (κ2) is 8.48. The molecule has 6 heteroatoms. The number of likely N-dealkylation sites (N-methyl/N-ethyl adjacent to an activating group) is 1. The molecule has 1 aromatic rings. The van der Waals surface area contributed by atoms with E-state index >= 15 is 0 Å². The van der Waals surface area contributed by atoms with Gasteiger partial charge in [0.05, 0.1) is 12.4 Å². The van der Waals surface area contributed by atoms with E-state index in [9.17, 15) is 8.42 Å². The first-order valence-corrected chi connectivity index (χ1v) is 8.76. The number of hydrogen-bond donors (Lipinski definition) is 1. The van der Waals surface area contributed by atoms with Crippen LogP contribution in [0.5, 0.6) is 0 Å². The Hall–Kier alpha value is -0.950. The van der Waals surface area contributed by atoms with Crippen molar-refractivity contribution in [3.05, 3.63) is 35.4 Å². The summed E-state index contributed by atoms with van der Waals surface area (Å²) in [7, 11) is 2.09. The fourth-order valence-corrected chi connectivity index (χ4v) is 2.99. The highest BCUT2D eigenvalue weighted by atomic mass is 32.2. The molecule has 1 rings (SSSR count). The van der Waals surface area contributed by atoms with Crippen molar-refractivity contribution < 1.29 is 13.2 Å². The lowest BCUT2D eigenvalue weighted by molar-refractivity contribution is 0.216. The first-order chi connectivity index (χ1) is 9.89. The van der Waals surface area contributed by atoms with Gasteiger partial charge in [-0.05, 0) is 31.6 Å². The fourth-order valence-electron chi connectivity index (χ4n) is 2.05. The maximum absolute atomic E-state index is 11.8. The highest BCUT2D eigenvalue weighted by Gasteiger charge is 2.18. The summed E-state index contributed by atoms with van der Waals surface area (Å²) >= 11 is 0. The average molecular weight is 314 g/mol. The number of nitrogens with zero attached hydrogens (tertiary/aromatic N) is 1. The van der Waals surface area contributed by atoms with Gasteiger partial charge in [-0.15, -0.1) is 0 Å². The Morgan fingerprint density at radius 2 is 1.86 bits per heavy atom. The van der Waals surface area contributed by atoms with Gasteiger partial charge in [0.15, 0.2) is 0 Å². The third-order valence-corrected chi connectivity index (χ3v) is 4.76. The fraction of sp³-hybridized carbons (Fsp3) is 0.600. The van der Waals surface area contributed by atoms with Gasteiger partial charge < -0.3 is 9.64 Å². The Kier molecular flexibility index (Phi) is 7.31. The van der Waals surface area contributed by atoms with E-state index in [0.717, 1.165) is 12.0 Å². The van der Waals surface area contributed by atoms with Gasteiger partial charge in [-0.3, -0.25) is 0 Å². The number of benzene rings is 1. The summed E-state index contributed by atoms with van der Waals surface area (Å²) in [6, 6.07) is 8.31. The molecule has 0 fully saturated rings. The van der Waals surface area contributed by atoms with Crippen LogP contribution in [0.4, 0.5) is 0 Å². The van der Waals surface area contributed by atoms with Gasteiger partial charge >= 0.3 is 0 Å². The molecule has 0 spiro atoms. The lowest BCUT2D eigenvalue weighted by atomic mass is 10.0. The molecule has 1 aromatic carbocycles. The normalized spacial score (nSPS) is 13.6. The van der Waals surface area contributed by atoms with Gasteiger partial charge in [0, 0.05) is 19.7 Å². The molecule has 0 aliphatic rings. The van der Waals surface area contributed by atoms with Crippen molar-refractivity contribution in [2.24, 2.45) is 0 Å². The Morgan fingerprint density at radius 1 is 1.24 bits per heavy atom. The first-order valence-electron chi connectivity index (χ1n) is 7.11. The molecule has 0 aromatic heterocycles. The zero-order valence-electron chi connectivity index (χ0n) is 13.3. The standard InChI is InChI=1S/C15H26N2O3S/c1-5-13-6-8-14(9-7-13)15(17(2)3)12-16-21(18,19)11-10-20-4/h6-9,15-16H,5,10-12H2,1-4H3. The zero-order chi connectivity index (χ0) is 15.9. The Bertz CT molecular complexity index is 512. The number of nitrogens with one attached hydrogen (secondary N) is 1. The van der Waals surface area contributed by atoms with Crippen LogP contribution in [-0.4, -0.2) is 53.4 Å². The van der Waals surface area contributed by atoms with Crippen LogP contribution < -0.4 is 4.72 Å². The van der Waals surface area contributed by atoms with E-state index in [1.807, 2.05) is 19.0 Å². The van der Waals surface area contributed by atoms with E-state index in [1.54, 1.807) is 0 Å². The molecule has 21 heavy (non-hydrogen) atoms. The average Bonchev–Trinajstić information content (AvgIpc) is 2.45. The van der Waals surface area contributed by atoms with Crippen LogP contribution in [0.3, 0.4) is 0 Å². The molecule has 120 valence electrons. The van der Waals surface area contributed by atoms with Crippen molar-refractivity contribution in [1.82, 2.24) is 9.62 Å². The Balaban J connectivity index is 2.73. The summed E-state index contributed by atoms with van der Waals surface area (Å²) in [4.78, 5) is 2.01. The first kappa shape index (κ1) is 18.1. The van der Waals surface area contributed by atoms with E-state index in [4.69, 9.17) is 4.74 Å². The molecule has 0 amide bonds. The number of methoxy groups -OCH3 is 1. The number of hydrogen-bond acceptors (Lipinski definition) is 4. The minimum Gasteiger partial charge on any atom is -0.384 e. The lowest BCUT2D eigenvalue weighted by Gasteiger charge is -2.25. The maximum atomic E-state index is 11.8. The SMILES string of the molecule is CCc1ccc(C(CNS(=O)(=O)CCOC)N(C)C)cc1. The highest BCUT2D eigenvalue weighted by molar-refractivity contribution is 7.89. The zero-order valence-corrected chi connectivity index (χ0v) is 14.1. The predicted octanol–water partition coefficient (Wildman–Crippen LogP) is 1.42. The van der Waals surface area contributed by atoms with Crippen molar-refractivity contribution in [3.63, 3.8) is 0 Å². The minimum absolute atomic E-state index is 0.00762. The monoisotopic (exact) mass is 314 g/mol. The van der Waals surface area contributed by atoms with Gasteiger partial charge in [0.25, 0.3) is 0 Å². The van der Waals surface area contributed by atoms with Crippen molar-refractivity contribution in [2.75, 3.05) is 40.1 Å². The molecule has 0 saturated carbocycles. The number of ether oxygens (including phenoxy) is 1. The van der Waals surface area contributed by atoms with Gasteiger partial charge in [0.1, 0.15) is 0 Å². The molecule has 1 unspecified atom stereocenters. The number of rotatable bonds is 9. The molecule has 0 heterocycles. The quantitative estimate of drug-likeness (QED) is 0.749. The minimum atomic E-state index is -3.29. The Morgan fingerprint density at radius 3 is 2.33 bits per heavy atom. The van der Waals surface area contributed by atoms with Crippen LogP contribution in [0.25, 0.3) is 0 Å². The van der Waals surface area contributed by atoms with E-state index < -0.39 is 10.0 Å². The predicted molar refractivity (Wildman–Crippen MR) is 85.9 cm³/mol. The highest BCUT2D eigenvalue weighted by Crippen LogP contribution is 2.18. The molecule has 0 aliphatic heterocycles. The summed E-state index contributed by atoms with van der Waals surface area (Å²) in [5.41, 5.74) is 2.38. The van der Waals surface area contributed by atoms with Crippen LogP contribution >= 0.6 is 0 Å². The van der Waals surface area contributed by atoms with Crippen molar-refractivity contribution in [1.29, 1.82) is 0 Å². The van der Waals surface area contributed by atoms with E-state index in [0.29, 0.717) is 6.54 Å². The third-order valence-electron chi connectivity index (χ3n) is 3.45. The molecular formula is C15H26N2O3S. The van der Waals surface area contributed by atoms with E-state index in [-0.39, 0.29) is 18.4 Å². The number of aryl methyl sites for hydroxylation is 1. The van der Waals surface area contributed by atoms with Crippen LogP contribution in [0.1, 0.15) is 24.1 Å². The van der Waals surface area contributed by atoms with Crippen molar-refractivity contribution in [3.8, 4) is 0 Å². The molecular weight excluding hydrogens is 288 g/mol. The second-order valence-electron chi connectivity index (χ2n) is 5.23. The van der Waals surface area contributed by atoms with Crippen LogP contribution in [0, 0.1) is 0 Å². The van der Waals surface area contributed by atoms with Crippen molar-refractivity contribution in [2.45, 2.75) is 19.4 Å².